The molecule has 23 heavy (non-hydrogen) atoms. The van der Waals surface area contributed by atoms with E-state index in [1.54, 1.807) is 28.1 Å². The van der Waals surface area contributed by atoms with Crippen LogP contribution in [0.5, 0.6) is 0 Å². The molecule has 0 saturated heterocycles. The summed E-state index contributed by atoms with van der Waals surface area (Å²) >= 11 is 0. The van der Waals surface area contributed by atoms with Gasteiger partial charge in [0.2, 0.25) is 5.91 Å². The molecule has 5 nitrogen and oxygen atoms in total. The van der Waals surface area contributed by atoms with Crippen LogP contribution in [0.1, 0.15) is 33.6 Å². The van der Waals surface area contributed by atoms with Crippen molar-refractivity contribution in [3.8, 4) is 0 Å². The Morgan fingerprint density at radius 3 is 2.43 bits per heavy atom. The van der Waals surface area contributed by atoms with E-state index in [-0.39, 0.29) is 24.7 Å². The van der Waals surface area contributed by atoms with E-state index in [1.807, 2.05) is 37.3 Å². The van der Waals surface area contributed by atoms with Gasteiger partial charge in [-0.15, -0.1) is 0 Å². The molecule has 0 radical (unpaired) electrons. The van der Waals surface area contributed by atoms with Gasteiger partial charge >= 0.3 is 0 Å². The van der Waals surface area contributed by atoms with Crippen LogP contribution in [0.3, 0.4) is 0 Å². The topological polar surface area (TPSA) is 67.8 Å². The first-order valence-corrected chi connectivity index (χ1v) is 7.86. The summed E-state index contributed by atoms with van der Waals surface area (Å²) in [5.74, 6) is -0.201. The van der Waals surface area contributed by atoms with Crippen molar-refractivity contribution in [2.75, 3.05) is 20.8 Å². The number of carbonyl (C=O) groups excluding carboxylic acids is 1. The summed E-state index contributed by atoms with van der Waals surface area (Å²) in [7, 11) is 3.33. The highest BCUT2D eigenvalue weighted by molar-refractivity contribution is 5.87. The predicted molar refractivity (Wildman–Crippen MR) is 93.2 cm³/mol. The van der Waals surface area contributed by atoms with Gasteiger partial charge in [0.25, 0.3) is 0 Å². The number of hydrogen-bond acceptors (Lipinski definition) is 4. The highest BCUT2D eigenvalue weighted by Crippen LogP contribution is 2.05. The van der Waals surface area contributed by atoms with Gasteiger partial charge in [-0.1, -0.05) is 30.4 Å². The van der Waals surface area contributed by atoms with E-state index in [0.717, 1.165) is 12.8 Å². The van der Waals surface area contributed by atoms with Crippen LogP contribution >= 0.6 is 0 Å². The number of amides is 1. The number of allylic oxidation sites excluding steroid dienone is 3. The summed E-state index contributed by atoms with van der Waals surface area (Å²) < 4.78 is 10.5. The molecular weight excluding hydrogens is 294 g/mol. The van der Waals surface area contributed by atoms with Crippen molar-refractivity contribution < 1.29 is 19.4 Å². The van der Waals surface area contributed by atoms with Crippen LogP contribution < -0.4 is 5.32 Å². The van der Waals surface area contributed by atoms with Crippen molar-refractivity contribution in [1.82, 2.24) is 5.32 Å². The average molecular weight is 325 g/mol. The maximum atomic E-state index is 11.5. The van der Waals surface area contributed by atoms with E-state index in [1.165, 1.54) is 6.08 Å². The average Bonchev–Trinajstić information content (AvgIpc) is 2.50. The second-order valence-electron chi connectivity index (χ2n) is 5.99. The third kappa shape index (κ3) is 13.9. The van der Waals surface area contributed by atoms with Crippen molar-refractivity contribution in [3.05, 3.63) is 36.5 Å². The largest absolute Gasteiger partial charge is 0.389 e. The molecule has 0 aromatic rings. The van der Waals surface area contributed by atoms with E-state index < -0.39 is 5.60 Å². The van der Waals surface area contributed by atoms with Gasteiger partial charge in [0, 0.05) is 20.8 Å². The second-order valence-corrected chi connectivity index (χ2v) is 5.99. The minimum Gasteiger partial charge on any atom is -0.389 e. The van der Waals surface area contributed by atoms with Crippen molar-refractivity contribution in [2.24, 2.45) is 0 Å². The fraction of sp³-hybridized carbons (Fsp3) is 0.611. The first kappa shape index (κ1) is 21.6. The molecule has 0 heterocycles. The molecule has 0 bridgehead atoms. The third-order valence-corrected chi connectivity index (χ3v) is 3.08. The van der Waals surface area contributed by atoms with Gasteiger partial charge in [0.1, 0.15) is 0 Å². The maximum Gasteiger partial charge on any atom is 0.243 e. The number of nitrogens with one attached hydrogen (secondary N) is 1. The predicted octanol–water partition coefficient (Wildman–Crippen LogP) is 2.37. The molecule has 0 rings (SSSR count). The lowest BCUT2D eigenvalue weighted by Crippen LogP contribution is -2.37. The minimum absolute atomic E-state index is 0.00147. The number of ether oxygens (including phenoxy) is 2. The molecule has 2 atom stereocenters. The first-order valence-electron chi connectivity index (χ1n) is 7.86. The summed E-state index contributed by atoms with van der Waals surface area (Å²) in [6, 6.07) is 0. The fourth-order valence-corrected chi connectivity index (χ4v) is 1.59. The number of rotatable bonds is 11. The molecule has 5 heteroatoms. The Kier molecular flexibility index (Phi) is 11.3. The lowest BCUT2D eigenvalue weighted by atomic mass is 10.1. The molecule has 132 valence electrons. The number of carbonyl (C=O) groups is 1. The quantitative estimate of drug-likeness (QED) is 0.452. The van der Waals surface area contributed by atoms with Gasteiger partial charge < -0.3 is 19.9 Å². The third-order valence-electron chi connectivity index (χ3n) is 3.08. The molecule has 0 aliphatic heterocycles. The van der Waals surface area contributed by atoms with Crippen molar-refractivity contribution in [3.63, 3.8) is 0 Å². The molecule has 0 aliphatic carbocycles. The van der Waals surface area contributed by atoms with Gasteiger partial charge in [-0.3, -0.25) is 4.79 Å². The molecule has 2 unspecified atom stereocenters. The Morgan fingerprint density at radius 2 is 1.87 bits per heavy atom. The highest BCUT2D eigenvalue weighted by Gasteiger charge is 2.12. The molecule has 1 amide bonds. The van der Waals surface area contributed by atoms with Gasteiger partial charge in [0.15, 0.2) is 0 Å². The molecule has 0 fully saturated rings. The first-order chi connectivity index (χ1) is 10.8. The van der Waals surface area contributed by atoms with Crippen LogP contribution in [-0.4, -0.2) is 49.6 Å². The van der Waals surface area contributed by atoms with Crippen LogP contribution in [-0.2, 0) is 14.3 Å². The van der Waals surface area contributed by atoms with Gasteiger partial charge in [-0.05, 0) is 39.7 Å². The summed E-state index contributed by atoms with van der Waals surface area (Å²) in [6.07, 6.45) is 12.7. The van der Waals surface area contributed by atoms with E-state index in [9.17, 15) is 9.90 Å². The molecular formula is C18H31NO4. The lowest BCUT2D eigenvalue weighted by molar-refractivity contribution is -0.117. The Morgan fingerprint density at radius 1 is 1.22 bits per heavy atom. The fourth-order valence-electron chi connectivity index (χ4n) is 1.59. The summed E-state index contributed by atoms with van der Waals surface area (Å²) in [5.41, 5.74) is -0.900. The highest BCUT2D eigenvalue weighted by atomic mass is 16.5. The second kappa shape index (κ2) is 12.0. The van der Waals surface area contributed by atoms with Crippen LogP contribution in [0.25, 0.3) is 0 Å². The minimum atomic E-state index is -0.900. The van der Waals surface area contributed by atoms with Crippen LogP contribution in [0.15, 0.2) is 36.5 Å². The number of hydrogen-bond donors (Lipinski definition) is 2. The molecule has 0 saturated carbocycles. The Labute approximate surface area is 140 Å². The Hall–Kier alpha value is -1.43. The Balaban J connectivity index is 4.07. The maximum absolute atomic E-state index is 11.5. The van der Waals surface area contributed by atoms with E-state index >= 15 is 0 Å². The summed E-state index contributed by atoms with van der Waals surface area (Å²) in [4.78, 5) is 11.5. The molecule has 0 spiro atoms. The molecule has 2 N–H and O–H groups in total. The summed E-state index contributed by atoms with van der Waals surface area (Å²) in [5, 5.41) is 12.2. The van der Waals surface area contributed by atoms with Crippen LogP contribution in [0.4, 0.5) is 0 Å². The monoisotopic (exact) mass is 325 g/mol. The SMILES string of the molecule is COC(C)/C=C/C=C/C(CC/C=C/C(=O)NCC(C)(C)O)OC. The van der Waals surface area contributed by atoms with Gasteiger partial charge in [-0.25, -0.2) is 0 Å². The lowest BCUT2D eigenvalue weighted by Gasteiger charge is -2.16. The molecule has 0 aromatic carbocycles. The van der Waals surface area contributed by atoms with E-state index in [0.29, 0.717) is 0 Å². The molecule has 0 aliphatic rings. The molecule has 0 aromatic heterocycles. The smallest absolute Gasteiger partial charge is 0.243 e. The van der Waals surface area contributed by atoms with Crippen molar-refractivity contribution in [2.45, 2.75) is 51.4 Å². The zero-order valence-electron chi connectivity index (χ0n) is 14.9. The van der Waals surface area contributed by atoms with E-state index in [2.05, 4.69) is 5.32 Å². The standard InChI is InChI=1S/C18H31NO4/c1-15(22-4)10-6-7-11-16(23-5)12-8-9-13-17(20)19-14-18(2,3)21/h6-7,9-11,13,15-16,21H,8,12,14H2,1-5H3,(H,19,20)/b10-6+,11-7+,13-9+. The van der Waals surface area contributed by atoms with Crippen molar-refractivity contribution >= 4 is 5.91 Å². The normalized spacial score (nSPS) is 15.6. The number of methoxy groups -OCH3 is 2. The zero-order valence-corrected chi connectivity index (χ0v) is 14.9. The van der Waals surface area contributed by atoms with Gasteiger partial charge in [-0.2, -0.15) is 0 Å². The zero-order chi connectivity index (χ0) is 17.7. The van der Waals surface area contributed by atoms with Crippen molar-refractivity contribution in [1.29, 1.82) is 0 Å². The van der Waals surface area contributed by atoms with Crippen LogP contribution in [0.2, 0.25) is 0 Å². The van der Waals surface area contributed by atoms with Gasteiger partial charge in [0.05, 0.1) is 17.8 Å². The summed E-state index contributed by atoms with van der Waals surface area (Å²) in [6.45, 7) is 5.49. The van der Waals surface area contributed by atoms with Crippen LogP contribution in [0, 0.1) is 0 Å². The number of aliphatic hydroxyl groups is 1. The Bertz CT molecular complexity index is 408. The van der Waals surface area contributed by atoms with E-state index in [4.69, 9.17) is 9.47 Å².